The van der Waals surface area contributed by atoms with Gasteiger partial charge in [-0.2, -0.15) is 0 Å². The van der Waals surface area contributed by atoms with E-state index >= 15 is 0 Å². The van der Waals surface area contributed by atoms with Gasteiger partial charge in [-0.3, -0.25) is 0 Å². The van der Waals surface area contributed by atoms with Crippen molar-refractivity contribution in [1.29, 1.82) is 0 Å². The quantitative estimate of drug-likeness (QED) is 0.847. The molecule has 1 N–H and O–H groups in total. The van der Waals surface area contributed by atoms with Gasteiger partial charge in [-0.05, 0) is 12.5 Å². The van der Waals surface area contributed by atoms with E-state index in [4.69, 9.17) is 9.47 Å². The molecule has 1 unspecified atom stereocenters. The molecule has 0 amide bonds. The molecule has 0 aromatic heterocycles. The lowest BCUT2D eigenvalue weighted by Crippen LogP contribution is -2.70. The van der Waals surface area contributed by atoms with Gasteiger partial charge in [0.15, 0.2) is 5.60 Å². The van der Waals surface area contributed by atoms with Crippen molar-refractivity contribution in [1.82, 2.24) is 0 Å². The maximum absolute atomic E-state index is 12.3. The molecule has 104 valence electrons. The lowest BCUT2D eigenvalue weighted by molar-refractivity contribution is -0.328. The summed E-state index contributed by atoms with van der Waals surface area (Å²) >= 11 is 0. The molecule has 0 spiro atoms. The summed E-state index contributed by atoms with van der Waals surface area (Å²) in [7, 11) is 1.35. The zero-order valence-electron chi connectivity index (χ0n) is 11.7. The molecular formula is C15H20O4. The van der Waals surface area contributed by atoms with Crippen molar-refractivity contribution in [2.24, 2.45) is 5.41 Å². The first-order valence-corrected chi connectivity index (χ1v) is 6.37. The Labute approximate surface area is 113 Å². The molecule has 1 saturated heterocycles. The molecule has 0 aliphatic carbocycles. The predicted molar refractivity (Wildman–Crippen MR) is 70.5 cm³/mol. The molecule has 0 saturated carbocycles. The highest BCUT2D eigenvalue weighted by molar-refractivity contribution is 5.84. The maximum atomic E-state index is 12.3. The van der Waals surface area contributed by atoms with E-state index < -0.39 is 29.2 Å². The number of benzene rings is 1. The average Bonchev–Trinajstić information content (AvgIpc) is 2.38. The van der Waals surface area contributed by atoms with Gasteiger partial charge in [0.1, 0.15) is 0 Å². The minimum atomic E-state index is -1.15. The zero-order chi connectivity index (χ0) is 14.3. The third kappa shape index (κ3) is 1.78. The molecule has 1 aliphatic rings. The van der Waals surface area contributed by atoms with Crippen LogP contribution in [0.15, 0.2) is 30.3 Å². The standard InChI is InChI=1S/C15H20O4/c1-10(16)12-14(2,3)15(19-12,13(17)18-4)11-8-6-5-7-9-11/h5-10,12,16H,1-4H3/t10?,12-,15-/m1/s1. The lowest BCUT2D eigenvalue weighted by Gasteiger charge is -2.59. The highest BCUT2D eigenvalue weighted by atomic mass is 16.6. The summed E-state index contributed by atoms with van der Waals surface area (Å²) in [6.07, 6.45) is -1.04. The van der Waals surface area contributed by atoms with Gasteiger partial charge < -0.3 is 14.6 Å². The summed E-state index contributed by atoms with van der Waals surface area (Å²) < 4.78 is 10.7. The number of aliphatic hydroxyl groups is 1. The second-order valence-corrected chi connectivity index (χ2v) is 5.54. The van der Waals surface area contributed by atoms with E-state index in [-0.39, 0.29) is 0 Å². The van der Waals surface area contributed by atoms with Crippen LogP contribution >= 0.6 is 0 Å². The van der Waals surface area contributed by atoms with Crippen molar-refractivity contribution in [2.45, 2.75) is 38.6 Å². The molecule has 4 nitrogen and oxygen atoms in total. The normalized spacial score (nSPS) is 30.3. The average molecular weight is 264 g/mol. The highest BCUT2D eigenvalue weighted by Gasteiger charge is 2.69. The van der Waals surface area contributed by atoms with Crippen LogP contribution < -0.4 is 0 Å². The predicted octanol–water partition coefficient (Wildman–Crippen LogP) is 1.86. The Hall–Kier alpha value is -1.39. The van der Waals surface area contributed by atoms with Crippen LogP contribution in [0.25, 0.3) is 0 Å². The van der Waals surface area contributed by atoms with Gasteiger partial charge in [0.2, 0.25) is 0 Å². The summed E-state index contributed by atoms with van der Waals surface area (Å²) in [5.74, 6) is -0.430. The van der Waals surface area contributed by atoms with Crippen LogP contribution in [0.2, 0.25) is 0 Å². The molecule has 1 aliphatic heterocycles. The van der Waals surface area contributed by atoms with Crippen molar-refractivity contribution in [3.05, 3.63) is 35.9 Å². The number of hydrogen-bond donors (Lipinski definition) is 1. The van der Waals surface area contributed by atoms with Crippen LogP contribution in [0.5, 0.6) is 0 Å². The lowest BCUT2D eigenvalue weighted by atomic mass is 9.61. The monoisotopic (exact) mass is 264 g/mol. The fourth-order valence-corrected chi connectivity index (χ4v) is 3.02. The van der Waals surface area contributed by atoms with E-state index in [0.717, 1.165) is 5.56 Å². The summed E-state index contributed by atoms with van der Waals surface area (Å²) in [6, 6.07) is 9.28. The van der Waals surface area contributed by atoms with Gasteiger partial charge in [0, 0.05) is 5.41 Å². The van der Waals surface area contributed by atoms with E-state index in [0.29, 0.717) is 0 Å². The number of esters is 1. The molecule has 0 bridgehead atoms. The Balaban J connectivity index is 2.49. The third-order valence-corrected chi connectivity index (χ3v) is 4.01. The summed E-state index contributed by atoms with van der Waals surface area (Å²) in [6.45, 7) is 5.49. The second-order valence-electron chi connectivity index (χ2n) is 5.54. The van der Waals surface area contributed by atoms with Gasteiger partial charge >= 0.3 is 5.97 Å². The largest absolute Gasteiger partial charge is 0.467 e. The summed E-state index contributed by atoms with van der Waals surface area (Å²) in [5.41, 5.74) is -0.941. The molecule has 1 aromatic rings. The van der Waals surface area contributed by atoms with Crippen LogP contribution in [0, 0.1) is 5.41 Å². The van der Waals surface area contributed by atoms with Gasteiger partial charge in [0.05, 0.1) is 19.3 Å². The van der Waals surface area contributed by atoms with Gasteiger partial charge in [-0.25, -0.2) is 4.79 Å². The Morgan fingerprint density at radius 2 is 1.95 bits per heavy atom. The first-order valence-electron chi connectivity index (χ1n) is 6.37. The van der Waals surface area contributed by atoms with Crippen LogP contribution in [-0.2, 0) is 19.9 Å². The fraction of sp³-hybridized carbons (Fsp3) is 0.533. The van der Waals surface area contributed by atoms with Crippen molar-refractivity contribution in [3.63, 3.8) is 0 Å². The van der Waals surface area contributed by atoms with Crippen LogP contribution in [0.4, 0.5) is 0 Å². The van der Waals surface area contributed by atoms with Crippen molar-refractivity contribution in [2.75, 3.05) is 7.11 Å². The van der Waals surface area contributed by atoms with E-state index in [1.54, 1.807) is 6.92 Å². The van der Waals surface area contributed by atoms with Gasteiger partial charge in [0.25, 0.3) is 0 Å². The maximum Gasteiger partial charge on any atom is 0.343 e. The molecule has 4 heteroatoms. The molecule has 0 radical (unpaired) electrons. The number of hydrogen-bond acceptors (Lipinski definition) is 4. The number of methoxy groups -OCH3 is 1. The Morgan fingerprint density at radius 1 is 1.37 bits per heavy atom. The van der Waals surface area contributed by atoms with Gasteiger partial charge in [-0.1, -0.05) is 44.2 Å². The number of carbonyl (C=O) groups excluding carboxylic acids is 1. The van der Waals surface area contributed by atoms with Crippen molar-refractivity contribution >= 4 is 5.97 Å². The molecule has 1 fully saturated rings. The smallest absolute Gasteiger partial charge is 0.343 e. The zero-order valence-corrected chi connectivity index (χ0v) is 11.7. The van der Waals surface area contributed by atoms with Crippen molar-refractivity contribution < 1.29 is 19.4 Å². The topological polar surface area (TPSA) is 55.8 Å². The Kier molecular flexibility index (Phi) is 3.41. The Morgan fingerprint density at radius 3 is 2.37 bits per heavy atom. The SMILES string of the molecule is COC(=O)[C@@]1(c2ccccc2)O[C@H](C(C)O)C1(C)C. The molecule has 3 atom stereocenters. The fourth-order valence-electron chi connectivity index (χ4n) is 3.02. The van der Waals surface area contributed by atoms with E-state index in [1.165, 1.54) is 7.11 Å². The third-order valence-electron chi connectivity index (χ3n) is 4.01. The molecule has 1 aromatic carbocycles. The number of aliphatic hydroxyl groups excluding tert-OH is 1. The number of ether oxygens (including phenoxy) is 2. The van der Waals surface area contributed by atoms with Crippen LogP contribution in [0.3, 0.4) is 0 Å². The van der Waals surface area contributed by atoms with E-state index in [1.807, 2.05) is 44.2 Å². The number of carbonyl (C=O) groups is 1. The minimum Gasteiger partial charge on any atom is -0.467 e. The van der Waals surface area contributed by atoms with E-state index in [2.05, 4.69) is 0 Å². The second kappa shape index (κ2) is 4.62. The van der Waals surface area contributed by atoms with Gasteiger partial charge in [-0.15, -0.1) is 0 Å². The summed E-state index contributed by atoms with van der Waals surface area (Å²) in [4.78, 5) is 12.3. The van der Waals surface area contributed by atoms with Crippen molar-refractivity contribution in [3.8, 4) is 0 Å². The minimum absolute atomic E-state index is 0.396. The number of rotatable bonds is 3. The molecular weight excluding hydrogens is 244 g/mol. The van der Waals surface area contributed by atoms with Crippen LogP contribution in [0.1, 0.15) is 26.3 Å². The molecule has 1 heterocycles. The molecule has 19 heavy (non-hydrogen) atoms. The first kappa shape index (κ1) is 14.0. The van der Waals surface area contributed by atoms with Crippen LogP contribution in [-0.4, -0.2) is 30.4 Å². The highest BCUT2D eigenvalue weighted by Crippen LogP contribution is 2.57. The first-order chi connectivity index (χ1) is 8.88. The molecule has 2 rings (SSSR count). The van der Waals surface area contributed by atoms with E-state index in [9.17, 15) is 9.90 Å². The summed E-state index contributed by atoms with van der Waals surface area (Å²) in [5, 5.41) is 9.76. The Bertz CT molecular complexity index is 466.